The molecule has 0 aromatic carbocycles. The molecule has 2 aliphatic heterocycles. The summed E-state index contributed by atoms with van der Waals surface area (Å²) in [5.41, 5.74) is 0.961. The molecule has 2 saturated heterocycles. The predicted octanol–water partition coefficient (Wildman–Crippen LogP) is 1.33. The highest BCUT2D eigenvalue weighted by Gasteiger charge is 2.30. The minimum atomic E-state index is 0.0849. The van der Waals surface area contributed by atoms with Crippen LogP contribution >= 0.6 is 0 Å². The summed E-state index contributed by atoms with van der Waals surface area (Å²) in [6.07, 6.45) is 7.93. The number of aromatic nitrogens is 2. The van der Waals surface area contributed by atoms with Crippen LogP contribution in [0.1, 0.15) is 31.6 Å². The second-order valence-corrected chi connectivity index (χ2v) is 5.65. The van der Waals surface area contributed by atoms with Crippen LogP contribution in [0.25, 0.3) is 0 Å². The number of nitrogens with zero attached hydrogens (tertiary/aromatic N) is 4. The first-order valence-corrected chi connectivity index (χ1v) is 7.70. The van der Waals surface area contributed by atoms with Gasteiger partial charge in [-0.2, -0.15) is 0 Å². The van der Waals surface area contributed by atoms with Gasteiger partial charge in [0.25, 0.3) is 0 Å². The molecule has 3 heterocycles. The van der Waals surface area contributed by atoms with Crippen LogP contribution in [-0.4, -0.2) is 65.1 Å². The average molecular weight is 276 g/mol. The Morgan fingerprint density at radius 3 is 2.80 bits per heavy atom. The smallest absolute Gasteiger partial charge is 0.114 e. The van der Waals surface area contributed by atoms with Crippen molar-refractivity contribution in [2.24, 2.45) is 0 Å². The zero-order valence-corrected chi connectivity index (χ0v) is 12.2. The summed E-state index contributed by atoms with van der Waals surface area (Å²) in [6.45, 7) is 8.69. The van der Waals surface area contributed by atoms with Crippen LogP contribution in [0.5, 0.6) is 0 Å². The highest BCUT2D eigenvalue weighted by Crippen LogP contribution is 2.24. The van der Waals surface area contributed by atoms with E-state index in [0.29, 0.717) is 6.04 Å². The number of rotatable bonds is 3. The number of ether oxygens (including phenoxy) is 1. The molecule has 0 N–H and O–H groups in total. The third-order valence-electron chi connectivity index (χ3n) is 4.53. The van der Waals surface area contributed by atoms with Crippen molar-refractivity contribution in [1.82, 2.24) is 19.8 Å². The van der Waals surface area contributed by atoms with Gasteiger partial charge in [0, 0.05) is 31.5 Å². The minimum Gasteiger partial charge on any atom is -0.369 e. The topological polar surface area (TPSA) is 41.5 Å². The molecular formula is C15H24N4O. The standard InChI is InChI=1S/C15H24N4O/c1-2-18-7-3-13(4-8-18)19-9-10-20-15(12-19)14-11-16-5-6-17-14/h5-6,11,13,15H,2-4,7-10,12H2,1H3. The van der Waals surface area contributed by atoms with Crippen LogP contribution in [-0.2, 0) is 4.74 Å². The second-order valence-electron chi connectivity index (χ2n) is 5.65. The van der Waals surface area contributed by atoms with Crippen LogP contribution in [0.2, 0.25) is 0 Å². The molecule has 0 spiro atoms. The van der Waals surface area contributed by atoms with E-state index in [2.05, 4.69) is 26.7 Å². The molecular weight excluding hydrogens is 252 g/mol. The van der Waals surface area contributed by atoms with Gasteiger partial charge in [-0.1, -0.05) is 6.92 Å². The Kier molecular flexibility index (Phi) is 4.60. The van der Waals surface area contributed by atoms with Gasteiger partial charge in [-0.3, -0.25) is 14.9 Å². The first-order valence-electron chi connectivity index (χ1n) is 7.70. The van der Waals surface area contributed by atoms with Gasteiger partial charge in [-0.15, -0.1) is 0 Å². The molecule has 2 aliphatic rings. The zero-order chi connectivity index (χ0) is 13.8. The quantitative estimate of drug-likeness (QED) is 0.833. The van der Waals surface area contributed by atoms with E-state index in [4.69, 9.17) is 4.74 Å². The van der Waals surface area contributed by atoms with Gasteiger partial charge in [-0.25, -0.2) is 0 Å². The fraction of sp³-hybridized carbons (Fsp3) is 0.733. The lowest BCUT2D eigenvalue weighted by molar-refractivity contribution is -0.0551. The summed E-state index contributed by atoms with van der Waals surface area (Å²) in [6, 6.07) is 0.709. The minimum absolute atomic E-state index is 0.0849. The third kappa shape index (κ3) is 3.16. The van der Waals surface area contributed by atoms with E-state index in [9.17, 15) is 0 Å². The van der Waals surface area contributed by atoms with E-state index in [1.807, 2.05) is 6.20 Å². The van der Waals surface area contributed by atoms with Crippen molar-refractivity contribution in [3.05, 3.63) is 24.3 Å². The molecule has 1 aromatic rings. The molecule has 5 heteroatoms. The van der Waals surface area contributed by atoms with Gasteiger partial charge < -0.3 is 9.64 Å². The van der Waals surface area contributed by atoms with Crippen molar-refractivity contribution in [1.29, 1.82) is 0 Å². The van der Waals surface area contributed by atoms with Crippen molar-refractivity contribution >= 4 is 0 Å². The molecule has 0 bridgehead atoms. The fourth-order valence-electron chi connectivity index (χ4n) is 3.26. The van der Waals surface area contributed by atoms with Gasteiger partial charge in [0.05, 0.1) is 18.5 Å². The lowest BCUT2D eigenvalue weighted by Gasteiger charge is -2.41. The molecule has 0 radical (unpaired) electrons. The van der Waals surface area contributed by atoms with Crippen LogP contribution in [0.15, 0.2) is 18.6 Å². The summed E-state index contributed by atoms with van der Waals surface area (Å²) < 4.78 is 5.87. The van der Waals surface area contributed by atoms with Gasteiger partial charge in [0.15, 0.2) is 0 Å². The summed E-state index contributed by atoms with van der Waals surface area (Å²) in [4.78, 5) is 13.7. The molecule has 20 heavy (non-hydrogen) atoms. The Balaban J connectivity index is 1.58. The lowest BCUT2D eigenvalue weighted by Crippen LogP contribution is -2.49. The highest BCUT2D eigenvalue weighted by atomic mass is 16.5. The number of morpholine rings is 1. The van der Waals surface area contributed by atoms with Gasteiger partial charge >= 0.3 is 0 Å². The third-order valence-corrected chi connectivity index (χ3v) is 4.53. The average Bonchev–Trinajstić information content (AvgIpc) is 2.56. The Labute approximate surface area is 121 Å². The van der Waals surface area contributed by atoms with E-state index in [0.717, 1.165) is 25.4 Å². The van der Waals surface area contributed by atoms with Gasteiger partial charge in [0.1, 0.15) is 6.10 Å². The maximum Gasteiger partial charge on any atom is 0.114 e. The molecule has 0 amide bonds. The van der Waals surface area contributed by atoms with Gasteiger partial charge in [-0.05, 0) is 32.5 Å². The SMILES string of the molecule is CCN1CCC(N2CCOC(c3cnccn3)C2)CC1. The van der Waals surface area contributed by atoms with Crippen molar-refractivity contribution in [3.63, 3.8) is 0 Å². The van der Waals surface area contributed by atoms with E-state index < -0.39 is 0 Å². The van der Waals surface area contributed by atoms with Crippen molar-refractivity contribution < 1.29 is 4.74 Å². The summed E-state index contributed by atoms with van der Waals surface area (Å²) >= 11 is 0. The monoisotopic (exact) mass is 276 g/mol. The molecule has 110 valence electrons. The Morgan fingerprint density at radius 2 is 2.10 bits per heavy atom. The molecule has 1 aromatic heterocycles. The van der Waals surface area contributed by atoms with E-state index in [-0.39, 0.29) is 6.10 Å². The van der Waals surface area contributed by atoms with Crippen molar-refractivity contribution in [2.75, 3.05) is 39.3 Å². The van der Waals surface area contributed by atoms with Crippen LogP contribution in [0, 0.1) is 0 Å². The Bertz CT molecular complexity index is 406. The number of hydrogen-bond acceptors (Lipinski definition) is 5. The van der Waals surface area contributed by atoms with Crippen LogP contribution in [0.4, 0.5) is 0 Å². The highest BCUT2D eigenvalue weighted by molar-refractivity contribution is 5.02. The summed E-state index contributed by atoms with van der Waals surface area (Å²) in [5.74, 6) is 0. The van der Waals surface area contributed by atoms with Crippen molar-refractivity contribution in [3.8, 4) is 0 Å². The molecule has 1 atom stereocenters. The summed E-state index contributed by atoms with van der Waals surface area (Å²) in [5, 5.41) is 0. The van der Waals surface area contributed by atoms with Crippen LogP contribution < -0.4 is 0 Å². The number of piperidine rings is 1. The first-order chi connectivity index (χ1) is 9.86. The molecule has 1 unspecified atom stereocenters. The predicted molar refractivity (Wildman–Crippen MR) is 77.4 cm³/mol. The molecule has 5 nitrogen and oxygen atoms in total. The Hall–Kier alpha value is -1.04. The maximum atomic E-state index is 5.87. The van der Waals surface area contributed by atoms with E-state index >= 15 is 0 Å². The van der Waals surface area contributed by atoms with E-state index in [1.165, 1.54) is 32.5 Å². The molecule has 2 fully saturated rings. The molecule has 0 aliphatic carbocycles. The van der Waals surface area contributed by atoms with Gasteiger partial charge in [0.2, 0.25) is 0 Å². The second kappa shape index (κ2) is 6.61. The van der Waals surface area contributed by atoms with Crippen LogP contribution in [0.3, 0.4) is 0 Å². The fourth-order valence-corrected chi connectivity index (χ4v) is 3.26. The Morgan fingerprint density at radius 1 is 1.25 bits per heavy atom. The molecule has 0 saturated carbocycles. The van der Waals surface area contributed by atoms with Crippen molar-refractivity contribution in [2.45, 2.75) is 31.9 Å². The normalized spacial score (nSPS) is 26.8. The number of hydrogen-bond donors (Lipinski definition) is 0. The number of likely N-dealkylation sites (tertiary alicyclic amines) is 1. The summed E-state index contributed by atoms with van der Waals surface area (Å²) in [7, 11) is 0. The first kappa shape index (κ1) is 13.9. The maximum absolute atomic E-state index is 5.87. The van der Waals surface area contributed by atoms with E-state index in [1.54, 1.807) is 12.4 Å². The largest absolute Gasteiger partial charge is 0.369 e. The zero-order valence-electron chi connectivity index (χ0n) is 12.2. The lowest BCUT2D eigenvalue weighted by atomic mass is 10.0. The molecule has 3 rings (SSSR count).